The predicted molar refractivity (Wildman–Crippen MR) is 36.1 cm³/mol. The minimum absolute atomic E-state index is 0.218. The summed E-state index contributed by atoms with van der Waals surface area (Å²) in [5.74, 6) is 0. The van der Waals surface area contributed by atoms with Crippen LogP contribution in [-0.2, 0) is 9.47 Å². The lowest BCUT2D eigenvalue weighted by Crippen LogP contribution is -2.25. The number of hydrogen-bond acceptors (Lipinski definition) is 3. The largest absolute Gasteiger partial charge is 0.355 e. The van der Waals surface area contributed by atoms with Crippen molar-refractivity contribution in [2.45, 2.75) is 19.6 Å². The van der Waals surface area contributed by atoms with Gasteiger partial charge in [0.25, 0.3) is 0 Å². The molecular formula is C6H15NO2. The van der Waals surface area contributed by atoms with Crippen LogP contribution < -0.4 is 5.73 Å². The molecule has 3 heteroatoms. The molecule has 1 unspecified atom stereocenters. The number of ether oxygens (including phenoxy) is 2. The molecule has 0 saturated heterocycles. The van der Waals surface area contributed by atoms with Crippen molar-refractivity contribution in [1.82, 2.24) is 0 Å². The maximum absolute atomic E-state index is 5.27. The van der Waals surface area contributed by atoms with Crippen molar-refractivity contribution in [3.05, 3.63) is 0 Å². The molecule has 0 aliphatic rings. The average molecular weight is 133 g/mol. The van der Waals surface area contributed by atoms with Crippen molar-refractivity contribution < 1.29 is 9.47 Å². The zero-order chi connectivity index (χ0) is 7.11. The van der Waals surface area contributed by atoms with E-state index in [0.29, 0.717) is 6.54 Å². The van der Waals surface area contributed by atoms with Crippen molar-refractivity contribution in [2.24, 2.45) is 5.73 Å². The maximum atomic E-state index is 5.27. The van der Waals surface area contributed by atoms with E-state index >= 15 is 0 Å². The molecule has 3 nitrogen and oxygen atoms in total. The van der Waals surface area contributed by atoms with Crippen molar-refractivity contribution in [1.29, 1.82) is 0 Å². The molecule has 0 fully saturated rings. The molecule has 9 heavy (non-hydrogen) atoms. The molecule has 0 rings (SSSR count). The van der Waals surface area contributed by atoms with Crippen molar-refractivity contribution in [3.63, 3.8) is 0 Å². The Bertz CT molecular complexity index is 55.0. The third kappa shape index (κ3) is 4.39. The lowest BCUT2D eigenvalue weighted by atomic mass is 10.5. The van der Waals surface area contributed by atoms with Gasteiger partial charge in [-0.3, -0.25) is 0 Å². The highest BCUT2D eigenvalue weighted by Gasteiger charge is 2.00. The molecule has 0 amide bonds. The monoisotopic (exact) mass is 133 g/mol. The third-order valence-electron chi connectivity index (χ3n) is 0.963. The molecule has 0 spiro atoms. The van der Waals surface area contributed by atoms with Gasteiger partial charge in [-0.05, 0) is 6.42 Å². The van der Waals surface area contributed by atoms with Crippen LogP contribution in [0, 0.1) is 0 Å². The lowest BCUT2D eigenvalue weighted by molar-refractivity contribution is -0.116. The second kappa shape index (κ2) is 6.01. The van der Waals surface area contributed by atoms with Gasteiger partial charge >= 0.3 is 0 Å². The molecule has 0 saturated carbocycles. The van der Waals surface area contributed by atoms with Crippen LogP contribution in [0.5, 0.6) is 0 Å². The average Bonchev–Trinajstić information content (AvgIpc) is 1.91. The Kier molecular flexibility index (Phi) is 5.93. The second-order valence-corrected chi connectivity index (χ2v) is 1.77. The van der Waals surface area contributed by atoms with Gasteiger partial charge in [-0.1, -0.05) is 6.92 Å². The normalized spacial score (nSPS) is 13.7. The van der Waals surface area contributed by atoms with Gasteiger partial charge in [-0.2, -0.15) is 0 Å². The Labute approximate surface area is 56.1 Å². The molecule has 0 aliphatic heterocycles. The van der Waals surface area contributed by atoms with E-state index in [4.69, 9.17) is 15.2 Å². The fourth-order valence-electron chi connectivity index (χ4n) is 0.482. The zero-order valence-electron chi connectivity index (χ0n) is 6.09. The summed E-state index contributed by atoms with van der Waals surface area (Å²) >= 11 is 0. The summed E-state index contributed by atoms with van der Waals surface area (Å²) < 4.78 is 10.00. The first-order valence-corrected chi connectivity index (χ1v) is 3.19. The van der Waals surface area contributed by atoms with Crippen LogP contribution in [0.25, 0.3) is 0 Å². The zero-order valence-corrected chi connectivity index (χ0v) is 6.09. The highest BCUT2D eigenvalue weighted by molar-refractivity contribution is 4.40. The van der Waals surface area contributed by atoms with Gasteiger partial charge in [-0.15, -0.1) is 0 Å². The first-order valence-electron chi connectivity index (χ1n) is 3.19. The summed E-state index contributed by atoms with van der Waals surface area (Å²) in [6, 6.07) is 0. The second-order valence-electron chi connectivity index (χ2n) is 1.77. The van der Waals surface area contributed by atoms with Gasteiger partial charge in [0.2, 0.25) is 0 Å². The fourth-order valence-corrected chi connectivity index (χ4v) is 0.482. The number of rotatable bonds is 5. The molecule has 0 bridgehead atoms. The first kappa shape index (κ1) is 8.88. The summed E-state index contributed by atoms with van der Waals surface area (Å²) in [5.41, 5.74) is 5.27. The maximum Gasteiger partial charge on any atom is 0.169 e. The van der Waals surface area contributed by atoms with Crippen LogP contribution in [-0.4, -0.2) is 26.6 Å². The molecular weight excluding hydrogens is 118 g/mol. The lowest BCUT2D eigenvalue weighted by Gasteiger charge is -2.12. The predicted octanol–water partition coefficient (Wildman–Crippen LogP) is 0.344. The summed E-state index contributed by atoms with van der Waals surface area (Å²) in [7, 11) is 1.59. The van der Waals surface area contributed by atoms with E-state index < -0.39 is 0 Å². The minimum atomic E-state index is -0.218. The summed E-state index contributed by atoms with van der Waals surface area (Å²) in [5, 5.41) is 0. The topological polar surface area (TPSA) is 44.5 Å². The van der Waals surface area contributed by atoms with E-state index in [0.717, 1.165) is 13.0 Å². The Balaban J connectivity index is 3.09. The summed E-state index contributed by atoms with van der Waals surface area (Å²) in [6.07, 6.45) is 0.782. The number of hydrogen-bond donors (Lipinski definition) is 1. The molecule has 0 aromatic carbocycles. The van der Waals surface area contributed by atoms with E-state index in [2.05, 4.69) is 0 Å². The molecule has 56 valence electrons. The van der Waals surface area contributed by atoms with Crippen LogP contribution in [0.4, 0.5) is 0 Å². The van der Waals surface area contributed by atoms with Crippen LogP contribution in [0.1, 0.15) is 13.3 Å². The Hall–Kier alpha value is -0.120. The van der Waals surface area contributed by atoms with Crippen LogP contribution >= 0.6 is 0 Å². The Morgan fingerprint density at radius 2 is 2.22 bits per heavy atom. The van der Waals surface area contributed by atoms with Crippen molar-refractivity contribution in [3.8, 4) is 0 Å². The summed E-state index contributed by atoms with van der Waals surface area (Å²) in [4.78, 5) is 0. The van der Waals surface area contributed by atoms with Gasteiger partial charge < -0.3 is 15.2 Å². The highest BCUT2D eigenvalue weighted by atomic mass is 16.7. The molecule has 0 aromatic rings. The van der Waals surface area contributed by atoms with Crippen molar-refractivity contribution in [2.75, 3.05) is 20.3 Å². The van der Waals surface area contributed by atoms with Crippen LogP contribution in [0.2, 0.25) is 0 Å². The minimum Gasteiger partial charge on any atom is -0.355 e. The number of methoxy groups -OCH3 is 1. The molecule has 0 radical (unpaired) electrons. The fraction of sp³-hybridized carbons (Fsp3) is 1.00. The van der Waals surface area contributed by atoms with E-state index in [9.17, 15) is 0 Å². The molecule has 2 N–H and O–H groups in total. The summed E-state index contributed by atoms with van der Waals surface area (Å²) in [6.45, 7) is 3.19. The SMILES string of the molecule is CCCOC(CN)OC. The van der Waals surface area contributed by atoms with Crippen LogP contribution in [0.15, 0.2) is 0 Å². The van der Waals surface area contributed by atoms with Gasteiger partial charge in [0.15, 0.2) is 6.29 Å². The standard InChI is InChI=1S/C6H15NO2/c1-3-4-9-6(5-7)8-2/h6H,3-5,7H2,1-2H3. The number of nitrogens with two attached hydrogens (primary N) is 1. The van der Waals surface area contributed by atoms with E-state index in [1.54, 1.807) is 7.11 Å². The van der Waals surface area contributed by atoms with Crippen molar-refractivity contribution >= 4 is 0 Å². The molecule has 0 aromatic heterocycles. The third-order valence-corrected chi connectivity index (χ3v) is 0.963. The highest BCUT2D eigenvalue weighted by Crippen LogP contribution is 1.90. The van der Waals surface area contributed by atoms with Gasteiger partial charge in [-0.25, -0.2) is 0 Å². The van der Waals surface area contributed by atoms with E-state index in [1.807, 2.05) is 6.92 Å². The van der Waals surface area contributed by atoms with E-state index in [1.165, 1.54) is 0 Å². The Morgan fingerprint density at radius 1 is 1.56 bits per heavy atom. The van der Waals surface area contributed by atoms with Crippen LogP contribution in [0.3, 0.4) is 0 Å². The smallest absolute Gasteiger partial charge is 0.169 e. The molecule has 0 heterocycles. The molecule has 1 atom stereocenters. The first-order chi connectivity index (χ1) is 4.35. The van der Waals surface area contributed by atoms with E-state index in [-0.39, 0.29) is 6.29 Å². The van der Waals surface area contributed by atoms with Gasteiger partial charge in [0.1, 0.15) is 0 Å². The quantitative estimate of drug-likeness (QED) is 0.550. The van der Waals surface area contributed by atoms with Gasteiger partial charge in [0.05, 0.1) is 0 Å². The van der Waals surface area contributed by atoms with Gasteiger partial charge in [0, 0.05) is 20.3 Å². The Morgan fingerprint density at radius 3 is 2.56 bits per heavy atom. The molecule has 0 aliphatic carbocycles.